The SMILES string of the molecule is [CH-]=CN=[C-]/C=C(\N=[CH-])C(C)C.[Li+]. The predicted octanol–water partition coefficient (Wildman–Crippen LogP) is -0.998. The summed E-state index contributed by atoms with van der Waals surface area (Å²) in [7, 11) is 0. The fourth-order valence-corrected chi connectivity index (χ4v) is 0.499. The van der Waals surface area contributed by atoms with Crippen molar-refractivity contribution in [2.24, 2.45) is 15.9 Å². The molecule has 0 bridgehead atoms. The molecular formula is C9H11LiN2-2. The molecule has 0 atom stereocenters. The molecule has 0 radical (unpaired) electrons. The van der Waals surface area contributed by atoms with Crippen LogP contribution in [0.4, 0.5) is 0 Å². The van der Waals surface area contributed by atoms with E-state index in [9.17, 15) is 0 Å². The molecule has 3 heteroatoms. The zero-order chi connectivity index (χ0) is 8.69. The van der Waals surface area contributed by atoms with Gasteiger partial charge in [0.05, 0.1) is 0 Å². The summed E-state index contributed by atoms with van der Waals surface area (Å²) in [5.74, 6) is 0.278. The third-order valence-electron chi connectivity index (χ3n) is 1.10. The van der Waals surface area contributed by atoms with Crippen molar-refractivity contribution in [2.75, 3.05) is 0 Å². The van der Waals surface area contributed by atoms with Gasteiger partial charge in [-0.1, -0.05) is 26.0 Å². The second-order valence-electron chi connectivity index (χ2n) is 2.26. The Labute approximate surface area is 86.4 Å². The van der Waals surface area contributed by atoms with Crippen molar-refractivity contribution in [1.82, 2.24) is 0 Å². The quantitative estimate of drug-likeness (QED) is 0.282. The van der Waals surface area contributed by atoms with Gasteiger partial charge in [-0.15, -0.1) is 5.70 Å². The standard InChI is InChI=1S/C9H11N2.Li/c1-5-11-7-6-9(10-4)8(2)3;/h1,4-6,8H,2-3H3;/q-3;+1/b9-6-;. The Bertz CT molecular complexity index is 193. The molecule has 0 N–H and O–H groups in total. The van der Waals surface area contributed by atoms with Crippen LogP contribution in [0.15, 0.2) is 28.0 Å². The zero-order valence-corrected chi connectivity index (χ0v) is 7.78. The van der Waals surface area contributed by atoms with E-state index in [1.54, 1.807) is 6.08 Å². The maximum Gasteiger partial charge on any atom is 1.00 e. The predicted molar refractivity (Wildman–Crippen MR) is 47.7 cm³/mol. The normalized spacial score (nSPS) is 11.4. The van der Waals surface area contributed by atoms with Crippen LogP contribution in [0.2, 0.25) is 0 Å². The second kappa shape index (κ2) is 8.51. The summed E-state index contributed by atoms with van der Waals surface area (Å²) in [6, 6.07) is 0. The van der Waals surface area contributed by atoms with Crippen molar-refractivity contribution in [3.63, 3.8) is 0 Å². The van der Waals surface area contributed by atoms with Gasteiger partial charge in [0, 0.05) is 0 Å². The molecule has 12 heavy (non-hydrogen) atoms. The first-order valence-electron chi connectivity index (χ1n) is 3.32. The second-order valence-corrected chi connectivity index (χ2v) is 2.26. The molecule has 0 aliphatic heterocycles. The van der Waals surface area contributed by atoms with Crippen molar-refractivity contribution < 1.29 is 18.9 Å². The first-order chi connectivity index (χ1) is 5.22. The minimum atomic E-state index is 0. The van der Waals surface area contributed by atoms with Gasteiger partial charge in [0.25, 0.3) is 0 Å². The summed E-state index contributed by atoms with van der Waals surface area (Å²) in [5, 5.41) is 0. The third kappa shape index (κ3) is 6.15. The molecule has 0 rings (SSSR count). The van der Waals surface area contributed by atoms with Crippen LogP contribution in [-0.2, 0) is 0 Å². The van der Waals surface area contributed by atoms with E-state index in [2.05, 4.69) is 16.2 Å². The minimum Gasteiger partial charge on any atom is -0.566 e. The van der Waals surface area contributed by atoms with E-state index < -0.39 is 0 Å². The molecule has 0 aliphatic carbocycles. The van der Waals surface area contributed by atoms with Gasteiger partial charge in [0.2, 0.25) is 0 Å². The van der Waals surface area contributed by atoms with Gasteiger partial charge in [0.15, 0.2) is 0 Å². The van der Waals surface area contributed by atoms with Crippen LogP contribution in [0.25, 0.3) is 0 Å². The molecule has 0 aromatic rings. The zero-order valence-electron chi connectivity index (χ0n) is 7.78. The molecule has 0 aliphatic rings. The van der Waals surface area contributed by atoms with E-state index in [0.29, 0.717) is 0 Å². The Morgan fingerprint density at radius 3 is 2.42 bits per heavy atom. The average Bonchev–Trinajstić information content (AvgIpc) is 1.97. The number of hydrogen-bond acceptors (Lipinski definition) is 2. The Balaban J connectivity index is 0. The molecule has 0 aromatic heterocycles. The largest absolute Gasteiger partial charge is 1.00 e. The van der Waals surface area contributed by atoms with Gasteiger partial charge in [0.1, 0.15) is 0 Å². The van der Waals surface area contributed by atoms with Crippen LogP contribution in [-0.4, -0.2) is 12.9 Å². The summed E-state index contributed by atoms with van der Waals surface area (Å²) in [4.78, 5) is 7.10. The molecule has 2 nitrogen and oxygen atoms in total. The monoisotopic (exact) mass is 154 g/mol. The van der Waals surface area contributed by atoms with E-state index in [1.807, 2.05) is 13.8 Å². The number of rotatable bonds is 4. The van der Waals surface area contributed by atoms with Gasteiger partial charge in [-0.05, 0) is 0 Å². The average molecular weight is 154 g/mol. The van der Waals surface area contributed by atoms with Crippen LogP contribution >= 0.6 is 0 Å². The molecule has 0 saturated carbocycles. The summed E-state index contributed by atoms with van der Waals surface area (Å²) in [5.41, 5.74) is 0.746. The molecule has 0 saturated heterocycles. The van der Waals surface area contributed by atoms with E-state index >= 15 is 0 Å². The van der Waals surface area contributed by atoms with Crippen molar-refractivity contribution in [3.8, 4) is 0 Å². The Kier molecular flexibility index (Phi) is 9.91. The van der Waals surface area contributed by atoms with Crippen LogP contribution in [0, 0.1) is 12.5 Å². The smallest absolute Gasteiger partial charge is 0.566 e. The minimum absolute atomic E-state index is 0. The molecule has 0 amide bonds. The fraction of sp³-hybridized carbons (Fsp3) is 0.333. The Morgan fingerprint density at radius 2 is 2.08 bits per heavy atom. The maximum absolute atomic E-state index is 5.09. The van der Waals surface area contributed by atoms with E-state index in [-0.39, 0.29) is 24.8 Å². The van der Waals surface area contributed by atoms with Crippen LogP contribution in [0.1, 0.15) is 13.8 Å². The summed E-state index contributed by atoms with van der Waals surface area (Å²) < 4.78 is 0. The summed E-state index contributed by atoms with van der Waals surface area (Å²) in [6.45, 7) is 14.0. The van der Waals surface area contributed by atoms with Gasteiger partial charge in [-0.2, -0.15) is 12.8 Å². The van der Waals surface area contributed by atoms with Gasteiger partial charge in [-0.25, -0.2) is 0 Å². The van der Waals surface area contributed by atoms with Gasteiger partial charge in [-0.3, -0.25) is 6.20 Å². The third-order valence-corrected chi connectivity index (χ3v) is 1.10. The number of nitrogens with zero attached hydrogens (tertiary/aromatic N) is 2. The van der Waals surface area contributed by atoms with Crippen LogP contribution < -0.4 is 18.9 Å². The Hall–Kier alpha value is -0.583. The van der Waals surface area contributed by atoms with Crippen molar-refractivity contribution in [3.05, 3.63) is 24.6 Å². The fourth-order valence-electron chi connectivity index (χ4n) is 0.499. The topological polar surface area (TPSA) is 24.7 Å². The first-order valence-corrected chi connectivity index (χ1v) is 3.32. The number of aliphatic imine (C=N–C) groups is 2. The number of hydrogen-bond donors (Lipinski definition) is 0. The maximum atomic E-state index is 5.09. The van der Waals surface area contributed by atoms with Gasteiger partial charge >= 0.3 is 18.9 Å². The van der Waals surface area contributed by atoms with E-state index in [0.717, 1.165) is 11.9 Å². The molecule has 0 spiro atoms. The van der Waals surface area contributed by atoms with Crippen LogP contribution in [0.5, 0.6) is 0 Å². The number of allylic oxidation sites excluding steroid dienone is 2. The molecule has 0 aromatic carbocycles. The molecule has 0 unspecified atom stereocenters. The van der Waals surface area contributed by atoms with Crippen molar-refractivity contribution in [1.29, 1.82) is 0 Å². The van der Waals surface area contributed by atoms with E-state index in [4.69, 9.17) is 13.3 Å². The van der Waals surface area contributed by atoms with Crippen molar-refractivity contribution in [2.45, 2.75) is 13.8 Å². The van der Waals surface area contributed by atoms with Crippen LogP contribution in [0.3, 0.4) is 0 Å². The summed E-state index contributed by atoms with van der Waals surface area (Å²) >= 11 is 0. The molecule has 60 valence electrons. The van der Waals surface area contributed by atoms with E-state index in [1.165, 1.54) is 0 Å². The molecule has 0 heterocycles. The van der Waals surface area contributed by atoms with Gasteiger partial charge < -0.3 is 16.6 Å². The Morgan fingerprint density at radius 1 is 1.50 bits per heavy atom. The molecular weight excluding hydrogens is 143 g/mol. The summed E-state index contributed by atoms with van der Waals surface area (Å²) in [6.07, 6.45) is 5.34. The first kappa shape index (κ1) is 14.0. The van der Waals surface area contributed by atoms with Crippen molar-refractivity contribution >= 4 is 12.9 Å². The molecule has 0 fully saturated rings.